The minimum atomic E-state index is 0. The predicted molar refractivity (Wildman–Crippen MR) is 20.2 cm³/mol. The fourth-order valence-corrected chi connectivity index (χ4v) is 0. The molecule has 0 fully saturated rings. The summed E-state index contributed by atoms with van der Waals surface area (Å²) in [7, 11) is 0. The Kier molecular flexibility index (Phi) is 22.8. The van der Waals surface area contributed by atoms with Crippen molar-refractivity contribution in [2.45, 2.75) is 6.92 Å². The summed E-state index contributed by atoms with van der Waals surface area (Å²) in [6, 6.07) is 0.421. The molecule has 0 saturated carbocycles. The molecule has 0 saturated heterocycles. The molecule has 0 unspecified atom stereocenters. The number of hydrogen-bond acceptors (Lipinski definition) is 1. The molecule has 1 nitrogen and oxygen atoms in total. The van der Waals surface area contributed by atoms with Gasteiger partial charge in [0.2, 0.25) is 0 Å². The van der Waals surface area contributed by atoms with E-state index in [2.05, 4.69) is 0 Å². The molecule has 0 aliphatic rings. The van der Waals surface area contributed by atoms with Crippen LogP contribution in [0.4, 0.5) is 0 Å². The summed E-state index contributed by atoms with van der Waals surface area (Å²) in [6.07, 6.45) is 6.25. The first-order valence-corrected chi connectivity index (χ1v) is 1.29. The third-order valence-electron chi connectivity index (χ3n) is 0.197. The van der Waals surface area contributed by atoms with Crippen LogP contribution in [-0.4, -0.2) is 0 Å². The molecule has 31 valence electrons. The van der Waals surface area contributed by atoms with Crippen molar-refractivity contribution in [1.82, 2.24) is 0 Å². The van der Waals surface area contributed by atoms with Crippen LogP contribution in [0.5, 0.6) is 0 Å². The molecule has 0 aromatic carbocycles. The van der Waals surface area contributed by atoms with Crippen LogP contribution in [0.25, 0.3) is 0 Å². The third-order valence-corrected chi connectivity index (χ3v) is 0.197. The van der Waals surface area contributed by atoms with E-state index in [0.717, 1.165) is 0 Å². The zero-order valence-corrected chi connectivity index (χ0v) is 7.49. The predicted octanol–water partition coefficient (Wildman–Crippen LogP) is -2.91. The van der Waals surface area contributed by atoms with Crippen LogP contribution in [0.1, 0.15) is 6.92 Å². The van der Waals surface area contributed by atoms with Crippen molar-refractivity contribution in [1.29, 1.82) is 0 Å². The molecule has 0 spiro atoms. The smallest absolute Gasteiger partial charge is 0.728 e. The van der Waals surface area contributed by atoms with Crippen LogP contribution in [0.15, 0.2) is 0 Å². The van der Waals surface area contributed by atoms with Crippen molar-refractivity contribution in [3.05, 3.63) is 12.5 Å². The molecule has 0 aromatic rings. The molecule has 0 aliphatic carbocycles. The third kappa shape index (κ3) is 19.2. The molecule has 0 aliphatic heterocycles. The van der Waals surface area contributed by atoms with Crippen molar-refractivity contribution in [2.75, 3.05) is 0 Å². The van der Waals surface area contributed by atoms with E-state index in [1.54, 1.807) is 6.92 Å². The quantitative estimate of drug-likeness (QED) is 0.231. The van der Waals surface area contributed by atoms with Crippen LogP contribution in [-0.2, 0) is 32.7 Å². The van der Waals surface area contributed by atoms with Crippen LogP contribution < -0.4 is 24.6 Å². The molecular formula is C4H5LiNY-. The fraction of sp³-hybridized carbons (Fsp3) is 0.250. The Morgan fingerprint density at radius 3 is 1.86 bits per heavy atom. The fourth-order valence-electron chi connectivity index (χ4n) is 0. The summed E-state index contributed by atoms with van der Waals surface area (Å²) < 4.78 is 0. The molecule has 0 rings (SSSR count). The Bertz CT molecular complexity index is 57.2. The summed E-state index contributed by atoms with van der Waals surface area (Å²) in [6.45, 7) is 1.62. The standard InChI is InChI=1S/C4H5N.Li.Y/c1-3-4(2)5;;/h5H2,2H3;;/q-2;+1;. The molecule has 2 N–H and O–H groups in total. The Morgan fingerprint density at radius 1 is 1.71 bits per heavy atom. The summed E-state index contributed by atoms with van der Waals surface area (Å²) in [4.78, 5) is 0. The number of hydrogen-bond donors (Lipinski definition) is 1. The van der Waals surface area contributed by atoms with Crippen LogP contribution in [0.2, 0.25) is 0 Å². The van der Waals surface area contributed by atoms with Gasteiger partial charge in [-0.05, 0) is 0 Å². The van der Waals surface area contributed by atoms with Crippen LogP contribution >= 0.6 is 0 Å². The largest absolute Gasteiger partial charge is 1.00 e. The zero-order chi connectivity index (χ0) is 4.28. The minimum Gasteiger partial charge on any atom is -0.728 e. The molecule has 7 heavy (non-hydrogen) atoms. The summed E-state index contributed by atoms with van der Waals surface area (Å²) in [5, 5.41) is 0. The first-order chi connectivity index (χ1) is 2.27. The van der Waals surface area contributed by atoms with Gasteiger partial charge in [0.25, 0.3) is 0 Å². The van der Waals surface area contributed by atoms with Gasteiger partial charge in [-0.1, -0.05) is 0 Å². The molecule has 0 bridgehead atoms. The van der Waals surface area contributed by atoms with Crippen LogP contribution in [0, 0.1) is 18.4 Å². The van der Waals surface area contributed by atoms with Gasteiger partial charge in [-0.25, -0.2) is 0 Å². The van der Waals surface area contributed by atoms with Gasteiger partial charge in [0.05, 0.1) is 0 Å². The van der Waals surface area contributed by atoms with Gasteiger partial charge >= 0.3 is 18.9 Å². The monoisotopic (exact) mass is 163 g/mol. The van der Waals surface area contributed by atoms with Crippen molar-refractivity contribution < 1.29 is 51.6 Å². The second-order valence-electron chi connectivity index (χ2n) is 0.808. The summed E-state index contributed by atoms with van der Waals surface area (Å²) in [5.74, 6) is 1.97. The maximum absolute atomic E-state index is 6.25. The van der Waals surface area contributed by atoms with Gasteiger partial charge in [0, 0.05) is 32.7 Å². The maximum Gasteiger partial charge on any atom is 1.00 e. The molecular weight excluding hydrogens is 158 g/mol. The van der Waals surface area contributed by atoms with E-state index in [9.17, 15) is 0 Å². The van der Waals surface area contributed by atoms with Gasteiger partial charge in [-0.15, -0.1) is 0 Å². The maximum atomic E-state index is 6.25. The zero-order valence-electron chi connectivity index (χ0n) is 4.65. The number of nitrogens with two attached hydrogens (primary N) is 1. The Balaban J connectivity index is -0.0000000800. The van der Waals surface area contributed by atoms with E-state index < -0.39 is 0 Å². The van der Waals surface area contributed by atoms with Crippen LogP contribution in [0.3, 0.4) is 0 Å². The van der Waals surface area contributed by atoms with Crippen molar-refractivity contribution in [3.63, 3.8) is 0 Å². The van der Waals surface area contributed by atoms with Crippen molar-refractivity contribution in [3.8, 4) is 5.92 Å². The van der Waals surface area contributed by atoms with Gasteiger partial charge in [-0.3, -0.25) is 6.04 Å². The second kappa shape index (κ2) is 10.2. The van der Waals surface area contributed by atoms with Crippen molar-refractivity contribution in [2.24, 2.45) is 5.73 Å². The molecule has 0 amide bonds. The van der Waals surface area contributed by atoms with Gasteiger partial charge in [0.1, 0.15) is 0 Å². The average molecular weight is 163 g/mol. The SMILES string of the molecule is [C-]#C[C-](C)N.[Li+].[Y]. The molecule has 0 aromatic heterocycles. The van der Waals surface area contributed by atoms with Gasteiger partial charge < -0.3 is 18.1 Å². The first-order valence-electron chi connectivity index (χ1n) is 1.29. The van der Waals surface area contributed by atoms with Crippen molar-refractivity contribution >= 4 is 0 Å². The number of rotatable bonds is 0. The Labute approximate surface area is 81.9 Å². The van der Waals surface area contributed by atoms with Gasteiger partial charge in [0.15, 0.2) is 0 Å². The Morgan fingerprint density at radius 2 is 1.86 bits per heavy atom. The molecule has 0 atom stereocenters. The summed E-state index contributed by atoms with van der Waals surface area (Å²) >= 11 is 0. The average Bonchev–Trinajstić information content (AvgIpc) is 1.38. The van der Waals surface area contributed by atoms with E-state index in [1.807, 2.05) is 5.92 Å². The van der Waals surface area contributed by atoms with E-state index in [4.69, 9.17) is 12.2 Å². The second-order valence-corrected chi connectivity index (χ2v) is 0.808. The molecule has 1 radical (unpaired) electrons. The summed E-state index contributed by atoms with van der Waals surface area (Å²) in [5.41, 5.74) is 4.91. The van der Waals surface area contributed by atoms with E-state index in [0.29, 0.717) is 6.04 Å². The van der Waals surface area contributed by atoms with E-state index in [1.165, 1.54) is 0 Å². The van der Waals surface area contributed by atoms with E-state index >= 15 is 0 Å². The topological polar surface area (TPSA) is 26.0 Å². The molecule has 3 heteroatoms. The Hall–Kier alpha value is 1.09. The minimum absolute atomic E-state index is 0. The normalized spacial score (nSPS) is 4.14. The van der Waals surface area contributed by atoms with Gasteiger partial charge in [-0.2, -0.15) is 6.92 Å². The van der Waals surface area contributed by atoms with E-state index in [-0.39, 0.29) is 51.6 Å². The molecule has 0 heterocycles. The first kappa shape index (κ1) is 15.7.